The van der Waals surface area contributed by atoms with Crippen LogP contribution in [-0.2, 0) is 52.2 Å². The van der Waals surface area contributed by atoms with E-state index in [2.05, 4.69) is 5.32 Å². The van der Waals surface area contributed by atoms with E-state index in [9.17, 15) is 81.1 Å². The third-order valence-corrected chi connectivity index (χ3v) is 11.6. The Kier molecular flexibility index (Phi) is 17.5. The summed E-state index contributed by atoms with van der Waals surface area (Å²) in [6.45, 7) is -2.51. The lowest BCUT2D eigenvalue weighted by Crippen LogP contribution is -2.67. The van der Waals surface area contributed by atoms with Crippen molar-refractivity contribution in [1.82, 2.24) is 5.32 Å². The van der Waals surface area contributed by atoms with Crippen molar-refractivity contribution in [3.05, 3.63) is 0 Å². The second kappa shape index (κ2) is 21.4. The summed E-state index contributed by atoms with van der Waals surface area (Å²) in [5, 5.41) is 149. The SMILES string of the molecule is CNC(=O)C1OC(CO[C@H]2C[C@@H](O)[C@H](O[C@@H]3OC(CO)[C@H](O)CC3O)C(CO)O2)C(O[C@@H]2OC(CO)[C@H](O)[C@H](OC3(C(=O)O)CC(O)[C@@H](C)[C@H]([C@H](O)[C@H](O)CO)O3)C2O)C1O. The first kappa shape index (κ1) is 50.1. The summed E-state index contributed by atoms with van der Waals surface area (Å²) in [5.74, 6) is -6.72. The van der Waals surface area contributed by atoms with Crippen molar-refractivity contribution in [2.45, 2.75) is 161 Å². The summed E-state index contributed by atoms with van der Waals surface area (Å²) in [4.78, 5) is 25.5. The van der Waals surface area contributed by atoms with E-state index in [1.807, 2.05) is 0 Å². The second-order valence-electron chi connectivity index (χ2n) is 15.7. The summed E-state index contributed by atoms with van der Waals surface area (Å²) in [6, 6.07) is 0. The van der Waals surface area contributed by atoms with Crippen molar-refractivity contribution < 1.29 is 124 Å². The Balaban J connectivity index is 1.31. The normalized spacial score (nSPS) is 46.8. The van der Waals surface area contributed by atoms with Gasteiger partial charge in [0, 0.05) is 32.2 Å². The zero-order valence-corrected chi connectivity index (χ0v) is 33.1. The number of hydrogen-bond donors (Lipinski definition) is 15. The van der Waals surface area contributed by atoms with Crippen LogP contribution in [0.25, 0.3) is 0 Å². The maximum atomic E-state index is 12.8. The summed E-state index contributed by atoms with van der Waals surface area (Å²) in [7, 11) is 1.24. The number of aliphatic carboxylic acids is 1. The molecule has 5 rings (SSSR count). The summed E-state index contributed by atoms with van der Waals surface area (Å²) in [5.41, 5.74) is 0. The minimum absolute atomic E-state index is 0.217. The van der Waals surface area contributed by atoms with Crippen LogP contribution >= 0.6 is 0 Å². The lowest BCUT2D eigenvalue weighted by atomic mass is 9.84. The number of likely N-dealkylation sites (N-methyl/N-ethyl adjacent to an activating group) is 1. The topological polar surface area (TPSA) is 412 Å². The largest absolute Gasteiger partial charge is 0.477 e. The van der Waals surface area contributed by atoms with Gasteiger partial charge in [0.25, 0.3) is 11.7 Å². The highest BCUT2D eigenvalue weighted by Crippen LogP contribution is 2.40. The summed E-state index contributed by atoms with van der Waals surface area (Å²) < 4.78 is 51.3. The molecule has 0 aromatic heterocycles. The zero-order valence-electron chi connectivity index (χ0n) is 33.1. The number of rotatable bonds is 17. The van der Waals surface area contributed by atoms with E-state index >= 15 is 0 Å². The Hall–Kier alpha value is -1.94. The molecular formula is C35H59NO25. The minimum Gasteiger partial charge on any atom is -0.477 e. The molecule has 0 spiro atoms. The second-order valence-corrected chi connectivity index (χ2v) is 15.7. The molecule has 5 aliphatic heterocycles. The van der Waals surface area contributed by atoms with Crippen molar-refractivity contribution in [2.24, 2.45) is 5.92 Å². The number of carboxylic acids is 1. The van der Waals surface area contributed by atoms with Crippen LogP contribution in [0.15, 0.2) is 0 Å². The Labute approximate surface area is 347 Å². The number of nitrogens with one attached hydrogen (secondary N) is 1. The van der Waals surface area contributed by atoms with Crippen LogP contribution in [0.2, 0.25) is 0 Å². The van der Waals surface area contributed by atoms with Gasteiger partial charge in [0.2, 0.25) is 0 Å². The number of carboxylic acid groups (broad SMARTS) is 1. The van der Waals surface area contributed by atoms with E-state index in [1.165, 1.54) is 14.0 Å². The van der Waals surface area contributed by atoms with E-state index in [0.717, 1.165) is 0 Å². The van der Waals surface area contributed by atoms with Crippen LogP contribution in [-0.4, -0.2) is 258 Å². The molecule has 354 valence electrons. The Morgan fingerprint density at radius 1 is 0.721 bits per heavy atom. The van der Waals surface area contributed by atoms with Gasteiger partial charge in [-0.25, -0.2) is 4.79 Å². The zero-order chi connectivity index (χ0) is 45.1. The van der Waals surface area contributed by atoms with Crippen LogP contribution in [0.4, 0.5) is 0 Å². The van der Waals surface area contributed by atoms with Crippen LogP contribution < -0.4 is 5.32 Å². The van der Waals surface area contributed by atoms with Gasteiger partial charge < -0.3 is 119 Å². The van der Waals surface area contributed by atoms with Gasteiger partial charge in [0.15, 0.2) is 25.0 Å². The van der Waals surface area contributed by atoms with E-state index in [-0.39, 0.29) is 12.8 Å². The lowest BCUT2D eigenvalue weighted by Gasteiger charge is -2.49. The molecule has 5 heterocycles. The monoisotopic (exact) mass is 893 g/mol. The first-order valence-electron chi connectivity index (χ1n) is 19.8. The maximum absolute atomic E-state index is 12.8. The maximum Gasteiger partial charge on any atom is 0.364 e. The molecule has 23 atom stereocenters. The number of hydrogen-bond acceptors (Lipinski definition) is 24. The molecule has 0 aliphatic carbocycles. The third-order valence-electron chi connectivity index (χ3n) is 11.6. The van der Waals surface area contributed by atoms with E-state index in [1.54, 1.807) is 0 Å². The van der Waals surface area contributed by atoms with Gasteiger partial charge >= 0.3 is 5.97 Å². The molecule has 0 radical (unpaired) electrons. The highest BCUT2D eigenvalue weighted by molar-refractivity contribution is 5.81. The lowest BCUT2D eigenvalue weighted by molar-refractivity contribution is -0.377. The highest BCUT2D eigenvalue weighted by atomic mass is 16.8. The Bertz CT molecular complexity index is 1420. The number of aliphatic hydroxyl groups excluding tert-OH is 13. The minimum atomic E-state index is -2.94. The molecule has 5 fully saturated rings. The Morgan fingerprint density at radius 2 is 1.36 bits per heavy atom. The highest BCUT2D eigenvalue weighted by Gasteiger charge is 2.59. The standard InChI is InChI=1S/C35H59NO25/c1-11-15(44)5-35(34(51)52,60-26(11)22(46)16(45)6-37)61-29-23(47)18(8-39)57-33(25(29)49)59-28-20(55-30(24(28)48)31(50)36-2)10-53-21-4-13(42)27(19(9-40)54-21)58-32-14(43)3-12(41)17(7-38)56-32/h11-30,32-33,37-49H,3-10H2,1-2H3,(H,36,50)(H,51,52)/t11-,12-,13-,14?,15?,16-,17?,18?,19?,20?,21-,22-,23+,24?,25?,26-,27+,28?,29+,30?,32+,33+,35?/m1/s1. The molecule has 0 aromatic carbocycles. The van der Waals surface area contributed by atoms with E-state index in [4.69, 9.17) is 42.6 Å². The fourth-order valence-corrected chi connectivity index (χ4v) is 7.95. The molecule has 11 unspecified atom stereocenters. The van der Waals surface area contributed by atoms with Gasteiger partial charge in [0.05, 0.1) is 57.5 Å². The molecular weight excluding hydrogens is 834 g/mol. The van der Waals surface area contributed by atoms with Crippen molar-refractivity contribution >= 4 is 11.9 Å². The van der Waals surface area contributed by atoms with Gasteiger partial charge in [-0.05, 0) is 0 Å². The number of aliphatic hydroxyl groups is 13. The average Bonchev–Trinajstić information content (AvgIpc) is 3.54. The quantitative estimate of drug-likeness (QED) is 0.0645. The summed E-state index contributed by atoms with van der Waals surface area (Å²) in [6.07, 6.45) is -35.4. The molecule has 26 heteroatoms. The Morgan fingerprint density at radius 3 is 1.97 bits per heavy atom. The molecule has 26 nitrogen and oxygen atoms in total. The van der Waals surface area contributed by atoms with Crippen LogP contribution in [0.1, 0.15) is 26.2 Å². The molecule has 0 aromatic rings. The van der Waals surface area contributed by atoms with Gasteiger partial charge in [-0.15, -0.1) is 0 Å². The molecule has 5 aliphatic rings. The van der Waals surface area contributed by atoms with Gasteiger partial charge in [0.1, 0.15) is 79.4 Å². The number of carbonyl (C=O) groups excluding carboxylic acids is 1. The van der Waals surface area contributed by atoms with Crippen LogP contribution in [0.3, 0.4) is 0 Å². The molecule has 1 amide bonds. The van der Waals surface area contributed by atoms with Crippen molar-refractivity contribution in [3.8, 4) is 0 Å². The van der Waals surface area contributed by atoms with Crippen molar-refractivity contribution in [1.29, 1.82) is 0 Å². The predicted molar refractivity (Wildman–Crippen MR) is 190 cm³/mol. The molecule has 61 heavy (non-hydrogen) atoms. The van der Waals surface area contributed by atoms with E-state index in [0.29, 0.717) is 0 Å². The first-order valence-corrected chi connectivity index (χ1v) is 19.8. The van der Waals surface area contributed by atoms with Crippen LogP contribution in [0.5, 0.6) is 0 Å². The molecule has 0 saturated carbocycles. The van der Waals surface area contributed by atoms with Gasteiger partial charge in [-0.3, -0.25) is 4.79 Å². The van der Waals surface area contributed by atoms with Gasteiger partial charge in [-0.2, -0.15) is 0 Å². The molecule has 15 N–H and O–H groups in total. The number of carbonyl (C=O) groups is 2. The first-order chi connectivity index (χ1) is 28.8. The van der Waals surface area contributed by atoms with Crippen LogP contribution in [0, 0.1) is 5.92 Å². The third kappa shape index (κ3) is 10.8. The fourth-order valence-electron chi connectivity index (χ4n) is 7.95. The number of amides is 1. The fraction of sp³-hybridized carbons (Fsp3) is 0.943. The molecule has 5 saturated heterocycles. The van der Waals surface area contributed by atoms with E-state index < -0.39 is 192 Å². The molecule has 0 bridgehead atoms. The average molecular weight is 894 g/mol. The predicted octanol–water partition coefficient (Wildman–Crippen LogP) is -8.95. The smallest absolute Gasteiger partial charge is 0.364 e. The van der Waals surface area contributed by atoms with Gasteiger partial charge in [-0.1, -0.05) is 6.92 Å². The number of ether oxygens (including phenoxy) is 9. The van der Waals surface area contributed by atoms with Crippen molar-refractivity contribution in [2.75, 3.05) is 40.1 Å². The summed E-state index contributed by atoms with van der Waals surface area (Å²) >= 11 is 0. The van der Waals surface area contributed by atoms with Crippen molar-refractivity contribution in [3.63, 3.8) is 0 Å².